The van der Waals surface area contributed by atoms with E-state index < -0.39 is 0 Å². The second kappa shape index (κ2) is 87.7. The van der Waals surface area contributed by atoms with Crippen LogP contribution in [0.4, 0.5) is 0 Å². The average Bonchev–Trinajstić information content (AvgIpc) is 3.54. The fourth-order valence-corrected chi connectivity index (χ4v) is 7.62. The number of hydrogen-bond donors (Lipinski definition) is 0. The van der Waals surface area contributed by atoms with Crippen LogP contribution in [0.5, 0.6) is 0 Å². The molecule has 0 amide bonds. The molecule has 0 aromatic carbocycles. The van der Waals surface area contributed by atoms with Gasteiger partial charge >= 0.3 is 5.97 Å². The van der Waals surface area contributed by atoms with Gasteiger partial charge in [0.05, 0.1) is 12.5 Å². The molecule has 0 fully saturated rings. The van der Waals surface area contributed by atoms with Crippen molar-refractivity contribution in [3.05, 3.63) is 0 Å². The molecule has 0 heterocycles. The molecule has 1 atom stereocenters. The fourth-order valence-electron chi connectivity index (χ4n) is 7.62. The normalized spacial score (nSPS) is 11.8. The van der Waals surface area contributed by atoms with Crippen LogP contribution in [0, 0.1) is 5.92 Å². The van der Waals surface area contributed by atoms with Gasteiger partial charge in [-0.3, -0.25) is 4.79 Å². The summed E-state index contributed by atoms with van der Waals surface area (Å²) in [5.41, 5.74) is 0. The number of carbonyl (C=O) groups is 1. The smallest absolute Gasteiger partial charge is 0.308 e. The largest absolute Gasteiger partial charge is 0.465 e. The third-order valence-corrected chi connectivity index (χ3v) is 12.7. The summed E-state index contributed by atoms with van der Waals surface area (Å²) in [5, 5.41) is 0. The van der Waals surface area contributed by atoms with Gasteiger partial charge in [0.25, 0.3) is 0 Å². The van der Waals surface area contributed by atoms with Crippen LogP contribution in [0.1, 0.15) is 164 Å². The zero-order valence-electron chi connectivity index (χ0n) is 56.2. The second-order valence-corrected chi connectivity index (χ2v) is 21.2. The highest BCUT2D eigenvalue weighted by atomic mass is 16.6. The highest BCUT2D eigenvalue weighted by Crippen LogP contribution is 2.04. The maximum Gasteiger partial charge on any atom is 0.308 e. The lowest BCUT2D eigenvalue weighted by atomic mass is 10.1. The Balaban J connectivity index is -0.0000378. The van der Waals surface area contributed by atoms with E-state index in [4.69, 9.17) is 99.5 Å². The molecule has 0 bridgehead atoms. The Bertz CT molecular complexity index is 1250. The molecule has 1 unspecified atom stereocenters. The first-order chi connectivity index (χ1) is 43.7. The molecule has 0 N–H and O–H groups in total. The van der Waals surface area contributed by atoms with Crippen LogP contribution in [0.3, 0.4) is 0 Å². The van der Waals surface area contributed by atoms with Gasteiger partial charge in [-0.1, -0.05) is 28.7 Å². The van der Waals surface area contributed by atoms with Crippen LogP contribution >= 0.6 is 0 Å². The summed E-state index contributed by atoms with van der Waals surface area (Å²) < 4.78 is 118. The summed E-state index contributed by atoms with van der Waals surface area (Å²) in [7, 11) is 1.71. The summed E-state index contributed by atoms with van der Waals surface area (Å²) in [6.45, 7) is 31.5. The third kappa shape index (κ3) is 84.7. The molecule has 22 heteroatoms. The summed E-state index contributed by atoms with van der Waals surface area (Å²) in [4.78, 5) is 11.6. The Labute approximate surface area is 549 Å². The summed E-state index contributed by atoms with van der Waals surface area (Å²) in [6.07, 6.45) is 18.4. The molecule has 0 saturated heterocycles. The van der Waals surface area contributed by atoms with E-state index in [1.54, 1.807) is 7.11 Å². The van der Waals surface area contributed by atoms with Crippen LogP contribution < -0.4 is 0 Å². The van der Waals surface area contributed by atoms with Crippen molar-refractivity contribution in [1.82, 2.24) is 0 Å². The van der Waals surface area contributed by atoms with Gasteiger partial charge in [-0.2, -0.15) is 0 Å². The number of carbonyl (C=O) groups excluding carboxylic acids is 1. The van der Waals surface area contributed by atoms with Crippen LogP contribution in [-0.2, 0) is 104 Å². The molecule has 0 aromatic rings. The maximum atomic E-state index is 11.6. The van der Waals surface area contributed by atoms with Crippen LogP contribution in [0.25, 0.3) is 0 Å². The molecular formula is C68H140O22. The Kier molecular flexibility index (Phi) is 90.5. The van der Waals surface area contributed by atoms with E-state index in [1.165, 1.54) is 0 Å². The molecule has 544 valence electrons. The molecule has 0 aliphatic carbocycles. The quantitative estimate of drug-likeness (QED) is 0.0409. The second-order valence-electron chi connectivity index (χ2n) is 21.2. The first-order valence-corrected chi connectivity index (χ1v) is 34.3. The predicted octanol–water partition coefficient (Wildman–Crippen LogP) is 10.6. The van der Waals surface area contributed by atoms with Gasteiger partial charge in [-0.05, 0) is 128 Å². The van der Waals surface area contributed by atoms with Crippen molar-refractivity contribution in [3.63, 3.8) is 0 Å². The van der Waals surface area contributed by atoms with Crippen LogP contribution in [-0.4, -0.2) is 277 Å². The number of methoxy groups -OCH3 is 1. The average molecular weight is 1310 g/mol. The van der Waals surface area contributed by atoms with Crippen molar-refractivity contribution in [1.29, 1.82) is 0 Å². The summed E-state index contributed by atoms with van der Waals surface area (Å²) in [5.74, 6) is -0.166. The number of hydrogen-bond acceptors (Lipinski definition) is 22. The molecule has 22 nitrogen and oxygen atoms in total. The van der Waals surface area contributed by atoms with Gasteiger partial charge in [0, 0.05) is 271 Å². The van der Waals surface area contributed by atoms with Gasteiger partial charge in [0.1, 0.15) is 0 Å². The zero-order valence-corrected chi connectivity index (χ0v) is 56.2. The van der Waals surface area contributed by atoms with Crippen molar-refractivity contribution >= 4 is 5.97 Å². The SMILES string of the molecule is C.C.CCC(C)C(=O)OCCCOCCCOCCCOCCCOCCCOCCCOCCCOCCCOCCCOCCCOCCCOCCCOCCCOCCCOCCCOCCCOCCCOCCCOCCCOCCCOC. The van der Waals surface area contributed by atoms with Crippen molar-refractivity contribution in [2.45, 2.75) is 164 Å². The van der Waals surface area contributed by atoms with Crippen molar-refractivity contribution in [3.8, 4) is 0 Å². The number of ether oxygens (including phenoxy) is 21. The Morgan fingerprint density at radius 3 is 0.433 bits per heavy atom. The number of esters is 1. The van der Waals surface area contributed by atoms with E-state index in [9.17, 15) is 4.79 Å². The van der Waals surface area contributed by atoms with E-state index in [0.29, 0.717) is 231 Å². The minimum absolute atomic E-state index is 0. The van der Waals surface area contributed by atoms with E-state index in [-0.39, 0.29) is 26.7 Å². The van der Waals surface area contributed by atoms with Crippen molar-refractivity contribution < 1.29 is 104 Å². The Morgan fingerprint density at radius 2 is 0.322 bits per heavy atom. The van der Waals surface area contributed by atoms with E-state index in [2.05, 4.69) is 0 Å². The predicted molar refractivity (Wildman–Crippen MR) is 354 cm³/mol. The molecule has 0 saturated carbocycles. The summed E-state index contributed by atoms with van der Waals surface area (Å²) >= 11 is 0. The highest BCUT2D eigenvalue weighted by Gasteiger charge is 2.11. The standard InChI is InChI=1S/C66H132O22.2CH4/c1-4-65(2)66(67)88-64-24-63-87-62-23-61-86-60-22-59-85-58-21-57-84-56-20-55-83-54-19-53-82-52-18-51-81-50-17-49-80-48-16-47-79-46-15-45-78-44-14-43-77-42-13-41-76-40-12-39-75-38-11-37-74-36-10-35-73-34-9-33-72-32-8-31-71-30-7-29-70-28-6-27-69-26-5-25-68-3;;/h65H,4-64H2,1-3H3;2*1H4. The first kappa shape index (κ1) is 92.9. The molecule has 0 rings (SSSR count). The topological polar surface area (TPSA) is 211 Å². The zero-order chi connectivity index (χ0) is 63.1. The molecular weight excluding hydrogens is 1170 g/mol. The van der Waals surface area contributed by atoms with Gasteiger partial charge in [0.15, 0.2) is 0 Å². The minimum Gasteiger partial charge on any atom is -0.465 e. The van der Waals surface area contributed by atoms with Gasteiger partial charge in [-0.15, -0.1) is 0 Å². The van der Waals surface area contributed by atoms with E-state index in [1.807, 2.05) is 13.8 Å². The lowest BCUT2D eigenvalue weighted by Gasteiger charge is -2.09. The lowest BCUT2D eigenvalue weighted by molar-refractivity contribution is -0.148. The summed E-state index contributed by atoms with van der Waals surface area (Å²) in [6, 6.07) is 0. The molecule has 0 spiro atoms. The Hall–Kier alpha value is -1.33. The lowest BCUT2D eigenvalue weighted by Crippen LogP contribution is -2.15. The fraction of sp³-hybridized carbons (Fsp3) is 0.985. The minimum atomic E-state index is -0.128. The Morgan fingerprint density at radius 1 is 0.211 bits per heavy atom. The maximum absolute atomic E-state index is 11.6. The van der Waals surface area contributed by atoms with E-state index in [0.717, 1.165) is 168 Å². The van der Waals surface area contributed by atoms with Crippen LogP contribution in [0.15, 0.2) is 0 Å². The molecule has 0 aromatic heterocycles. The molecule has 0 radical (unpaired) electrons. The highest BCUT2D eigenvalue weighted by molar-refractivity contribution is 5.71. The van der Waals surface area contributed by atoms with Crippen LogP contribution in [0.2, 0.25) is 0 Å². The third-order valence-electron chi connectivity index (χ3n) is 12.7. The molecule has 90 heavy (non-hydrogen) atoms. The van der Waals surface area contributed by atoms with E-state index >= 15 is 0 Å². The van der Waals surface area contributed by atoms with Gasteiger partial charge < -0.3 is 99.5 Å². The first-order valence-electron chi connectivity index (χ1n) is 34.3. The molecule has 0 aliphatic heterocycles. The monoisotopic (exact) mass is 1310 g/mol. The van der Waals surface area contributed by atoms with Crippen molar-refractivity contribution in [2.24, 2.45) is 5.92 Å². The van der Waals surface area contributed by atoms with Crippen molar-refractivity contribution in [2.75, 3.05) is 271 Å². The number of rotatable bonds is 82. The van der Waals surface area contributed by atoms with Gasteiger partial charge in [-0.25, -0.2) is 0 Å². The van der Waals surface area contributed by atoms with Gasteiger partial charge in [0.2, 0.25) is 0 Å². The molecule has 0 aliphatic rings.